The maximum atomic E-state index is 13.9. The van der Waals surface area contributed by atoms with E-state index in [1.165, 1.54) is 0 Å². The Morgan fingerprint density at radius 2 is 1.67 bits per heavy atom. The van der Waals surface area contributed by atoms with Gasteiger partial charge in [0, 0.05) is 10.7 Å². The van der Waals surface area contributed by atoms with Gasteiger partial charge in [-0.25, -0.2) is 0 Å². The van der Waals surface area contributed by atoms with Crippen molar-refractivity contribution in [1.82, 2.24) is 0 Å². The van der Waals surface area contributed by atoms with Crippen LogP contribution in [0.15, 0.2) is 100 Å². The first-order chi connectivity index (χ1) is 18.9. The van der Waals surface area contributed by atoms with E-state index in [9.17, 15) is 9.59 Å². The highest BCUT2D eigenvalue weighted by Gasteiger charge is 2.44. The molecule has 0 aliphatic carbocycles. The van der Waals surface area contributed by atoms with E-state index in [-0.39, 0.29) is 16.8 Å². The predicted molar refractivity (Wildman–Crippen MR) is 151 cm³/mol. The molecule has 0 spiro atoms. The second-order valence-electron chi connectivity index (χ2n) is 9.41. The standard InChI is InChI=1S/C32H24ClNO5/c1-19-8-12-23(13-9-19)34-29(28-30(35)24-17-22(33)11-15-25(24)39-31(28)32(34)36)21-10-14-26(27(16-21)37-2)38-18-20-6-4-3-5-7-20/h3-17,29H,18H2,1-2H3. The molecule has 1 aliphatic heterocycles. The molecular weight excluding hydrogens is 514 g/mol. The van der Waals surface area contributed by atoms with E-state index < -0.39 is 11.9 Å². The van der Waals surface area contributed by atoms with Crippen LogP contribution in [0.1, 0.15) is 38.9 Å². The van der Waals surface area contributed by atoms with Gasteiger partial charge in [-0.1, -0.05) is 65.7 Å². The Hall–Kier alpha value is -4.55. The molecule has 1 aromatic heterocycles. The summed E-state index contributed by atoms with van der Waals surface area (Å²) in [4.78, 5) is 29.3. The number of halogens is 1. The molecule has 0 bridgehead atoms. The number of anilines is 1. The second kappa shape index (κ2) is 9.97. The van der Waals surface area contributed by atoms with E-state index in [1.54, 1.807) is 42.3 Å². The maximum Gasteiger partial charge on any atom is 0.295 e. The van der Waals surface area contributed by atoms with E-state index in [0.717, 1.165) is 11.1 Å². The molecule has 7 heteroatoms. The van der Waals surface area contributed by atoms with Crippen LogP contribution in [0, 0.1) is 6.92 Å². The predicted octanol–water partition coefficient (Wildman–Crippen LogP) is 7.09. The maximum absolute atomic E-state index is 13.9. The van der Waals surface area contributed by atoms with Gasteiger partial charge < -0.3 is 13.9 Å². The molecule has 6 rings (SSSR count). The number of fused-ring (bicyclic) bond motifs is 2. The molecule has 6 nitrogen and oxygen atoms in total. The Balaban J connectivity index is 1.49. The van der Waals surface area contributed by atoms with Gasteiger partial charge in [-0.3, -0.25) is 14.5 Å². The minimum Gasteiger partial charge on any atom is -0.493 e. The van der Waals surface area contributed by atoms with Gasteiger partial charge in [-0.15, -0.1) is 0 Å². The van der Waals surface area contributed by atoms with E-state index in [0.29, 0.717) is 45.3 Å². The molecule has 0 radical (unpaired) electrons. The molecular formula is C32H24ClNO5. The van der Waals surface area contributed by atoms with E-state index in [2.05, 4.69) is 0 Å². The van der Waals surface area contributed by atoms with E-state index in [4.69, 9.17) is 25.5 Å². The van der Waals surface area contributed by atoms with Crippen LogP contribution >= 0.6 is 11.6 Å². The number of carbonyl (C=O) groups is 1. The van der Waals surface area contributed by atoms with Gasteiger partial charge in [0.25, 0.3) is 5.91 Å². The van der Waals surface area contributed by atoms with Crippen LogP contribution < -0.4 is 19.8 Å². The average Bonchev–Trinajstić information content (AvgIpc) is 3.25. The molecule has 1 aliphatic rings. The third-order valence-electron chi connectivity index (χ3n) is 6.88. The van der Waals surface area contributed by atoms with Crippen LogP contribution in [-0.2, 0) is 6.61 Å². The van der Waals surface area contributed by atoms with Gasteiger partial charge in [-0.05, 0) is 60.5 Å². The number of benzene rings is 4. The zero-order valence-electron chi connectivity index (χ0n) is 21.3. The lowest BCUT2D eigenvalue weighted by molar-refractivity contribution is 0.0971. The number of aryl methyl sites for hydroxylation is 1. The van der Waals surface area contributed by atoms with E-state index >= 15 is 0 Å². The lowest BCUT2D eigenvalue weighted by Gasteiger charge is -2.26. The van der Waals surface area contributed by atoms with Gasteiger partial charge in [0.2, 0.25) is 5.76 Å². The highest BCUT2D eigenvalue weighted by Crippen LogP contribution is 2.43. The minimum absolute atomic E-state index is 0.0174. The quantitative estimate of drug-likeness (QED) is 0.231. The monoisotopic (exact) mass is 537 g/mol. The van der Waals surface area contributed by atoms with Crippen molar-refractivity contribution in [3.63, 3.8) is 0 Å². The van der Waals surface area contributed by atoms with Crippen LogP contribution in [0.4, 0.5) is 5.69 Å². The van der Waals surface area contributed by atoms with Crippen LogP contribution in [0.25, 0.3) is 11.0 Å². The first kappa shape index (κ1) is 24.8. The second-order valence-corrected chi connectivity index (χ2v) is 9.85. The molecule has 4 aromatic carbocycles. The topological polar surface area (TPSA) is 69.0 Å². The Kier molecular flexibility index (Phi) is 6.33. The number of hydrogen-bond acceptors (Lipinski definition) is 5. The fourth-order valence-electron chi connectivity index (χ4n) is 4.94. The summed E-state index contributed by atoms with van der Waals surface area (Å²) in [6.07, 6.45) is 0. The molecule has 1 atom stereocenters. The van der Waals surface area contributed by atoms with Crippen LogP contribution in [0.3, 0.4) is 0 Å². The van der Waals surface area contributed by atoms with Crippen molar-refractivity contribution in [2.24, 2.45) is 0 Å². The van der Waals surface area contributed by atoms with Crippen molar-refractivity contribution in [3.8, 4) is 11.5 Å². The summed E-state index contributed by atoms with van der Waals surface area (Å²) in [5.41, 5.74) is 3.67. The molecule has 1 unspecified atom stereocenters. The van der Waals surface area contributed by atoms with Crippen molar-refractivity contribution in [2.45, 2.75) is 19.6 Å². The molecule has 2 heterocycles. The SMILES string of the molecule is COc1cc(C2c3c(oc4ccc(Cl)cc4c3=O)C(=O)N2c2ccc(C)cc2)ccc1OCc1ccccc1. The third-order valence-corrected chi connectivity index (χ3v) is 7.12. The number of methoxy groups -OCH3 is 1. The Morgan fingerprint density at radius 1 is 0.897 bits per heavy atom. The molecule has 194 valence electrons. The molecule has 39 heavy (non-hydrogen) atoms. The van der Waals surface area contributed by atoms with Crippen LogP contribution in [0.2, 0.25) is 5.02 Å². The summed E-state index contributed by atoms with van der Waals surface area (Å²) in [7, 11) is 1.56. The van der Waals surface area contributed by atoms with Gasteiger partial charge in [0.1, 0.15) is 12.2 Å². The van der Waals surface area contributed by atoms with Gasteiger partial charge in [-0.2, -0.15) is 0 Å². The Morgan fingerprint density at radius 3 is 2.41 bits per heavy atom. The average molecular weight is 538 g/mol. The van der Waals surface area contributed by atoms with Crippen LogP contribution in [0.5, 0.6) is 11.5 Å². The highest BCUT2D eigenvalue weighted by atomic mass is 35.5. The van der Waals surface area contributed by atoms with Crippen molar-refractivity contribution >= 4 is 34.2 Å². The smallest absolute Gasteiger partial charge is 0.295 e. The number of amides is 1. The summed E-state index contributed by atoms with van der Waals surface area (Å²) in [6.45, 7) is 2.34. The highest BCUT2D eigenvalue weighted by molar-refractivity contribution is 6.31. The van der Waals surface area contributed by atoms with Crippen molar-refractivity contribution in [2.75, 3.05) is 12.0 Å². The van der Waals surface area contributed by atoms with Crippen molar-refractivity contribution in [3.05, 3.63) is 134 Å². The molecule has 0 N–H and O–H groups in total. The first-order valence-corrected chi connectivity index (χ1v) is 12.8. The fraction of sp³-hybridized carbons (Fsp3) is 0.125. The molecule has 1 amide bonds. The summed E-state index contributed by atoms with van der Waals surface area (Å²) in [5.74, 6) is 0.662. The molecule has 0 fully saturated rings. The summed E-state index contributed by atoms with van der Waals surface area (Å²) < 4.78 is 17.8. The van der Waals surface area contributed by atoms with Crippen LogP contribution in [-0.4, -0.2) is 13.0 Å². The minimum atomic E-state index is -0.744. The van der Waals surface area contributed by atoms with Gasteiger partial charge in [0.05, 0.1) is 24.1 Å². The largest absolute Gasteiger partial charge is 0.493 e. The molecule has 0 saturated carbocycles. The zero-order valence-corrected chi connectivity index (χ0v) is 22.1. The number of carbonyl (C=O) groups excluding carboxylic acids is 1. The van der Waals surface area contributed by atoms with Gasteiger partial charge >= 0.3 is 0 Å². The lowest BCUT2D eigenvalue weighted by atomic mass is 9.97. The Labute approximate surface area is 230 Å². The normalized spacial score (nSPS) is 14.5. The number of ether oxygens (including phenoxy) is 2. The first-order valence-electron chi connectivity index (χ1n) is 12.5. The number of nitrogens with zero attached hydrogens (tertiary/aromatic N) is 1. The van der Waals surface area contributed by atoms with Gasteiger partial charge in [0.15, 0.2) is 16.9 Å². The van der Waals surface area contributed by atoms with Crippen molar-refractivity contribution in [1.29, 1.82) is 0 Å². The Bertz CT molecular complexity index is 1760. The number of rotatable bonds is 6. The van der Waals surface area contributed by atoms with Crippen molar-refractivity contribution < 1.29 is 18.7 Å². The number of hydrogen-bond donors (Lipinski definition) is 0. The summed E-state index contributed by atoms with van der Waals surface area (Å²) in [6, 6.07) is 26.9. The zero-order chi connectivity index (χ0) is 27.1. The fourth-order valence-corrected chi connectivity index (χ4v) is 5.11. The molecule has 0 saturated heterocycles. The third kappa shape index (κ3) is 4.43. The molecule has 5 aromatic rings. The summed E-state index contributed by atoms with van der Waals surface area (Å²) >= 11 is 6.21. The van der Waals surface area contributed by atoms with E-state index in [1.807, 2.05) is 67.6 Å². The summed E-state index contributed by atoms with van der Waals surface area (Å²) in [5, 5.41) is 0.729. The lowest BCUT2D eigenvalue weighted by Crippen LogP contribution is -2.29.